The minimum absolute atomic E-state index is 0.147. The molecule has 0 bridgehead atoms. The Labute approximate surface area is 228 Å². The van der Waals surface area contributed by atoms with Crippen molar-refractivity contribution in [3.8, 4) is 23.2 Å². The highest BCUT2D eigenvalue weighted by molar-refractivity contribution is 9.10. The molecule has 0 radical (unpaired) electrons. The maximum absolute atomic E-state index is 13.5. The number of halogens is 1. The van der Waals surface area contributed by atoms with E-state index in [4.69, 9.17) is 14.1 Å². The zero-order valence-corrected chi connectivity index (χ0v) is 21.5. The lowest BCUT2D eigenvalue weighted by molar-refractivity contribution is -0.385. The number of furan rings is 1. The highest BCUT2D eigenvalue weighted by Gasteiger charge is 2.17. The number of fused-ring (bicyclic) bond motifs is 2. The van der Waals surface area contributed by atoms with Gasteiger partial charge in [-0.05, 0) is 48.5 Å². The molecule has 0 amide bonds. The van der Waals surface area contributed by atoms with Gasteiger partial charge in [0, 0.05) is 27.6 Å². The summed E-state index contributed by atoms with van der Waals surface area (Å²) in [6.07, 6.45) is 2.59. The molecule has 0 fully saturated rings. The molecule has 11 heteroatoms. The van der Waals surface area contributed by atoms with E-state index in [0.29, 0.717) is 33.6 Å². The highest BCUT2D eigenvalue weighted by Crippen LogP contribution is 2.29. The summed E-state index contributed by atoms with van der Waals surface area (Å²) in [6, 6.07) is 24.1. The third-order valence-electron chi connectivity index (χ3n) is 5.83. The Morgan fingerprint density at radius 1 is 1.03 bits per heavy atom. The fraction of sp³-hybridized carbons (Fsp3) is 0. The minimum Gasteiger partial charge on any atom is -0.453 e. The standard InChI is InChI=1S/C28H16BrN5O5/c29-19-9-11-24-18(13-19)14-25(38-24)27-32-22-7-3-2-6-21(22)28(35)33(27)31-15-17-5-1-4-8-23(17)39-26-12-10-20(16-30-26)34(36)37/h1-16H. The van der Waals surface area contributed by atoms with Crippen LogP contribution in [0.1, 0.15) is 5.56 Å². The molecule has 6 rings (SSSR count). The van der Waals surface area contributed by atoms with Crippen molar-refractivity contribution in [1.82, 2.24) is 14.6 Å². The van der Waals surface area contributed by atoms with Crippen molar-refractivity contribution in [3.05, 3.63) is 122 Å². The monoisotopic (exact) mass is 581 g/mol. The largest absolute Gasteiger partial charge is 0.453 e. The van der Waals surface area contributed by atoms with E-state index in [2.05, 4.69) is 26.0 Å². The summed E-state index contributed by atoms with van der Waals surface area (Å²) in [6.45, 7) is 0. The Balaban J connectivity index is 1.44. The van der Waals surface area contributed by atoms with Crippen LogP contribution in [0.5, 0.6) is 11.6 Å². The number of para-hydroxylation sites is 2. The van der Waals surface area contributed by atoms with Gasteiger partial charge in [0.2, 0.25) is 11.7 Å². The predicted octanol–water partition coefficient (Wildman–Crippen LogP) is 6.55. The number of hydrogen-bond acceptors (Lipinski definition) is 8. The van der Waals surface area contributed by atoms with Crippen molar-refractivity contribution in [1.29, 1.82) is 0 Å². The van der Waals surface area contributed by atoms with Gasteiger partial charge in [0.1, 0.15) is 17.5 Å². The number of aromatic nitrogens is 3. The lowest BCUT2D eigenvalue weighted by Gasteiger charge is -2.09. The third kappa shape index (κ3) is 4.78. The average Bonchev–Trinajstić information content (AvgIpc) is 3.36. The molecule has 10 nitrogen and oxygen atoms in total. The topological polar surface area (TPSA) is 126 Å². The first-order valence-electron chi connectivity index (χ1n) is 11.6. The Morgan fingerprint density at radius 3 is 2.67 bits per heavy atom. The first-order valence-corrected chi connectivity index (χ1v) is 12.4. The van der Waals surface area contributed by atoms with Gasteiger partial charge in [-0.2, -0.15) is 9.78 Å². The van der Waals surface area contributed by atoms with E-state index in [0.717, 1.165) is 16.1 Å². The van der Waals surface area contributed by atoms with Crippen LogP contribution in [-0.2, 0) is 0 Å². The van der Waals surface area contributed by atoms with Crippen molar-refractivity contribution >= 4 is 49.7 Å². The lowest BCUT2D eigenvalue weighted by Crippen LogP contribution is -2.20. The smallest absolute Gasteiger partial charge is 0.287 e. The number of rotatable bonds is 6. The molecule has 190 valence electrons. The van der Waals surface area contributed by atoms with Crippen LogP contribution in [0.4, 0.5) is 5.69 Å². The van der Waals surface area contributed by atoms with E-state index in [1.807, 2.05) is 24.3 Å². The average molecular weight is 582 g/mol. The van der Waals surface area contributed by atoms with E-state index in [9.17, 15) is 14.9 Å². The van der Waals surface area contributed by atoms with Crippen LogP contribution in [-0.4, -0.2) is 25.8 Å². The molecule has 39 heavy (non-hydrogen) atoms. The molecule has 0 saturated heterocycles. The molecule has 6 aromatic rings. The summed E-state index contributed by atoms with van der Waals surface area (Å²) < 4.78 is 14.0. The Morgan fingerprint density at radius 2 is 1.85 bits per heavy atom. The second kappa shape index (κ2) is 9.95. The summed E-state index contributed by atoms with van der Waals surface area (Å²) in [7, 11) is 0. The first-order chi connectivity index (χ1) is 19.0. The summed E-state index contributed by atoms with van der Waals surface area (Å²) >= 11 is 3.47. The van der Waals surface area contributed by atoms with E-state index in [1.165, 1.54) is 23.0 Å². The zero-order chi connectivity index (χ0) is 26.9. The molecule has 0 N–H and O–H groups in total. The van der Waals surface area contributed by atoms with Crippen LogP contribution < -0.4 is 10.3 Å². The lowest BCUT2D eigenvalue weighted by atomic mass is 10.2. The summed E-state index contributed by atoms with van der Waals surface area (Å²) in [5, 5.41) is 16.6. The normalized spacial score (nSPS) is 11.4. The SMILES string of the molecule is O=c1c2ccccc2nc(-c2cc3cc(Br)ccc3o2)n1N=Cc1ccccc1Oc1ccc([N+](=O)[O-])cn1. The van der Waals surface area contributed by atoms with Crippen molar-refractivity contribution in [2.24, 2.45) is 5.10 Å². The van der Waals surface area contributed by atoms with E-state index in [-0.39, 0.29) is 23.0 Å². The summed E-state index contributed by atoms with van der Waals surface area (Å²) in [4.78, 5) is 32.6. The van der Waals surface area contributed by atoms with Crippen LogP contribution in [0.3, 0.4) is 0 Å². The van der Waals surface area contributed by atoms with Crippen LogP contribution >= 0.6 is 15.9 Å². The van der Waals surface area contributed by atoms with Gasteiger partial charge in [-0.3, -0.25) is 14.9 Å². The minimum atomic E-state index is -0.537. The van der Waals surface area contributed by atoms with Gasteiger partial charge in [-0.25, -0.2) is 9.97 Å². The third-order valence-corrected chi connectivity index (χ3v) is 6.32. The van der Waals surface area contributed by atoms with Crippen molar-refractivity contribution < 1.29 is 14.1 Å². The van der Waals surface area contributed by atoms with E-state index < -0.39 is 4.92 Å². The second-order valence-corrected chi connectivity index (χ2v) is 9.27. The van der Waals surface area contributed by atoms with Gasteiger partial charge in [-0.1, -0.05) is 40.2 Å². The van der Waals surface area contributed by atoms with Gasteiger partial charge >= 0.3 is 0 Å². The van der Waals surface area contributed by atoms with Crippen molar-refractivity contribution in [2.45, 2.75) is 0 Å². The van der Waals surface area contributed by atoms with Gasteiger partial charge in [0.15, 0.2) is 5.76 Å². The zero-order valence-electron chi connectivity index (χ0n) is 19.9. The van der Waals surface area contributed by atoms with Gasteiger partial charge in [0.25, 0.3) is 11.2 Å². The highest BCUT2D eigenvalue weighted by atomic mass is 79.9. The maximum Gasteiger partial charge on any atom is 0.287 e. The van der Waals surface area contributed by atoms with Crippen LogP contribution in [0.25, 0.3) is 33.5 Å². The Hall–Kier alpha value is -5.16. The fourth-order valence-corrected chi connectivity index (χ4v) is 4.35. The molecule has 0 aliphatic carbocycles. The van der Waals surface area contributed by atoms with E-state index in [1.54, 1.807) is 48.5 Å². The number of hydrogen-bond donors (Lipinski definition) is 0. The second-order valence-electron chi connectivity index (χ2n) is 8.36. The quantitative estimate of drug-likeness (QED) is 0.124. The Bertz CT molecular complexity index is 1960. The Kier molecular flexibility index (Phi) is 6.17. The number of nitro groups is 1. The molecule has 3 aromatic heterocycles. The molecule has 3 aromatic carbocycles. The molecular weight excluding hydrogens is 566 g/mol. The summed E-state index contributed by atoms with van der Waals surface area (Å²) in [5.41, 5.74) is 1.17. The van der Waals surface area contributed by atoms with Gasteiger partial charge in [-0.15, -0.1) is 0 Å². The molecular formula is C28H16BrN5O5. The number of pyridine rings is 1. The fourth-order valence-electron chi connectivity index (χ4n) is 3.97. The summed E-state index contributed by atoms with van der Waals surface area (Å²) in [5.74, 6) is 1.17. The van der Waals surface area contributed by atoms with Crippen LogP contribution in [0.15, 0.2) is 110 Å². The number of benzene rings is 3. The first kappa shape index (κ1) is 24.2. The molecule has 0 aliphatic heterocycles. The molecule has 0 aliphatic rings. The molecule has 3 heterocycles. The van der Waals surface area contributed by atoms with E-state index >= 15 is 0 Å². The van der Waals surface area contributed by atoms with Gasteiger partial charge < -0.3 is 9.15 Å². The number of nitrogens with zero attached hydrogens (tertiary/aromatic N) is 5. The maximum atomic E-state index is 13.5. The van der Waals surface area contributed by atoms with Crippen molar-refractivity contribution in [3.63, 3.8) is 0 Å². The molecule has 0 unspecified atom stereocenters. The predicted molar refractivity (Wildman–Crippen MR) is 149 cm³/mol. The van der Waals surface area contributed by atoms with Crippen LogP contribution in [0.2, 0.25) is 0 Å². The molecule has 0 atom stereocenters. The van der Waals surface area contributed by atoms with Crippen LogP contribution in [0, 0.1) is 10.1 Å². The number of ether oxygens (including phenoxy) is 1. The van der Waals surface area contributed by atoms with Gasteiger partial charge in [0.05, 0.1) is 22.0 Å². The molecule has 0 saturated carbocycles. The molecule has 0 spiro atoms. The van der Waals surface area contributed by atoms with Crippen molar-refractivity contribution in [2.75, 3.05) is 0 Å².